The summed E-state index contributed by atoms with van der Waals surface area (Å²) in [5, 5.41) is 15.0. The molecule has 6 nitrogen and oxygen atoms in total. The zero-order chi connectivity index (χ0) is 19.1. The molecule has 0 aliphatic heterocycles. The van der Waals surface area contributed by atoms with Gasteiger partial charge in [-0.1, -0.05) is 42.7 Å². The Bertz CT molecular complexity index is 653. The van der Waals surface area contributed by atoms with Crippen LogP contribution in [0.15, 0.2) is 24.3 Å². The number of carboxylic acid groups (broad SMARTS) is 1. The number of amides is 2. The number of nitrogens with one attached hydrogen (secondary N) is 2. The van der Waals surface area contributed by atoms with Gasteiger partial charge in [-0.15, -0.1) is 0 Å². The second-order valence-electron chi connectivity index (χ2n) is 7.20. The van der Waals surface area contributed by atoms with Gasteiger partial charge in [-0.3, -0.25) is 14.4 Å². The molecular weight excluding hydrogens is 332 g/mol. The highest BCUT2D eigenvalue weighted by atomic mass is 16.4. The maximum absolute atomic E-state index is 12.6. The Morgan fingerprint density at radius 1 is 1.23 bits per heavy atom. The van der Waals surface area contributed by atoms with Crippen LogP contribution >= 0.6 is 0 Å². The fourth-order valence-corrected chi connectivity index (χ4v) is 3.61. The molecule has 0 aromatic heterocycles. The summed E-state index contributed by atoms with van der Waals surface area (Å²) in [6.07, 6.45) is 4.28. The van der Waals surface area contributed by atoms with Crippen LogP contribution in [-0.2, 0) is 20.8 Å². The molecule has 6 heteroatoms. The third-order valence-corrected chi connectivity index (χ3v) is 4.95. The highest BCUT2D eigenvalue weighted by Gasteiger charge is 2.32. The minimum Gasteiger partial charge on any atom is -0.481 e. The maximum atomic E-state index is 12.6. The van der Waals surface area contributed by atoms with E-state index in [9.17, 15) is 19.5 Å². The van der Waals surface area contributed by atoms with Crippen LogP contribution in [0.25, 0.3) is 0 Å². The Kier molecular flexibility index (Phi) is 7.18. The van der Waals surface area contributed by atoms with Gasteiger partial charge in [-0.2, -0.15) is 0 Å². The molecule has 2 unspecified atom stereocenters. The van der Waals surface area contributed by atoms with E-state index in [2.05, 4.69) is 10.6 Å². The lowest BCUT2D eigenvalue weighted by Crippen LogP contribution is -2.51. The van der Waals surface area contributed by atoms with Gasteiger partial charge in [0.1, 0.15) is 6.04 Å². The molecule has 1 saturated carbocycles. The van der Waals surface area contributed by atoms with Crippen LogP contribution < -0.4 is 10.6 Å². The third kappa shape index (κ3) is 5.86. The third-order valence-electron chi connectivity index (χ3n) is 4.95. The number of carbonyl (C=O) groups is 3. The molecule has 1 aromatic carbocycles. The standard InChI is InChI=1S/C20H28N2O4/c1-13-6-5-7-15(10-13)11-17(20(25)26)12-21-19(24)18(22-14(2)23)16-8-3-4-9-16/h5-7,10,16-18H,3-4,8-9,11-12H2,1-2H3,(H,21,24)(H,22,23)(H,25,26). The summed E-state index contributed by atoms with van der Waals surface area (Å²) in [4.78, 5) is 35.6. The van der Waals surface area contributed by atoms with Crippen molar-refractivity contribution in [1.82, 2.24) is 10.6 Å². The molecule has 0 heterocycles. The molecule has 2 atom stereocenters. The molecule has 26 heavy (non-hydrogen) atoms. The second kappa shape index (κ2) is 9.36. The SMILES string of the molecule is CC(=O)NC(C(=O)NCC(Cc1cccc(C)c1)C(=O)O)C1CCCC1. The minimum absolute atomic E-state index is 0.0465. The number of aryl methyl sites for hydroxylation is 1. The fourth-order valence-electron chi connectivity index (χ4n) is 3.61. The molecule has 0 saturated heterocycles. The van der Waals surface area contributed by atoms with Crippen molar-refractivity contribution >= 4 is 17.8 Å². The van der Waals surface area contributed by atoms with Crippen molar-refractivity contribution < 1.29 is 19.5 Å². The number of benzene rings is 1. The lowest BCUT2D eigenvalue weighted by Gasteiger charge is -2.24. The first kappa shape index (κ1) is 19.9. The van der Waals surface area contributed by atoms with Crippen molar-refractivity contribution in [3.8, 4) is 0 Å². The molecule has 0 bridgehead atoms. The molecule has 2 amide bonds. The fraction of sp³-hybridized carbons (Fsp3) is 0.550. The van der Waals surface area contributed by atoms with E-state index in [1.807, 2.05) is 31.2 Å². The van der Waals surface area contributed by atoms with Gasteiger partial charge in [-0.05, 0) is 37.7 Å². The van der Waals surface area contributed by atoms with Gasteiger partial charge in [0.05, 0.1) is 5.92 Å². The first-order valence-electron chi connectivity index (χ1n) is 9.20. The first-order valence-corrected chi connectivity index (χ1v) is 9.20. The number of carboxylic acids is 1. The van der Waals surface area contributed by atoms with Crippen LogP contribution in [0, 0.1) is 18.8 Å². The van der Waals surface area contributed by atoms with E-state index in [0.717, 1.165) is 36.8 Å². The summed E-state index contributed by atoms with van der Waals surface area (Å²) in [5.41, 5.74) is 2.00. The van der Waals surface area contributed by atoms with E-state index in [4.69, 9.17) is 0 Å². The molecule has 0 radical (unpaired) electrons. The quantitative estimate of drug-likeness (QED) is 0.661. The van der Waals surface area contributed by atoms with E-state index in [-0.39, 0.29) is 24.3 Å². The van der Waals surface area contributed by atoms with E-state index in [1.165, 1.54) is 6.92 Å². The molecule has 1 fully saturated rings. The summed E-state index contributed by atoms with van der Waals surface area (Å²) in [6.45, 7) is 3.40. The monoisotopic (exact) mass is 360 g/mol. The zero-order valence-corrected chi connectivity index (χ0v) is 15.5. The number of hydrogen-bond acceptors (Lipinski definition) is 3. The highest BCUT2D eigenvalue weighted by molar-refractivity contribution is 5.87. The van der Waals surface area contributed by atoms with E-state index < -0.39 is 17.9 Å². The van der Waals surface area contributed by atoms with Crippen molar-refractivity contribution in [2.75, 3.05) is 6.54 Å². The van der Waals surface area contributed by atoms with Gasteiger partial charge in [0.15, 0.2) is 0 Å². The highest BCUT2D eigenvalue weighted by Crippen LogP contribution is 2.28. The van der Waals surface area contributed by atoms with E-state index >= 15 is 0 Å². The Labute approximate surface area is 154 Å². The van der Waals surface area contributed by atoms with Crippen LogP contribution in [0.3, 0.4) is 0 Å². The van der Waals surface area contributed by atoms with Gasteiger partial charge in [-0.25, -0.2) is 0 Å². The number of aliphatic carboxylic acids is 1. The molecule has 1 aromatic rings. The van der Waals surface area contributed by atoms with Gasteiger partial charge >= 0.3 is 5.97 Å². The van der Waals surface area contributed by atoms with Crippen molar-refractivity contribution in [3.63, 3.8) is 0 Å². The number of hydrogen-bond donors (Lipinski definition) is 3. The van der Waals surface area contributed by atoms with Gasteiger partial charge in [0, 0.05) is 13.5 Å². The molecule has 3 N–H and O–H groups in total. The minimum atomic E-state index is -0.941. The van der Waals surface area contributed by atoms with Crippen molar-refractivity contribution in [2.45, 2.75) is 52.0 Å². The van der Waals surface area contributed by atoms with Crippen molar-refractivity contribution in [3.05, 3.63) is 35.4 Å². The van der Waals surface area contributed by atoms with Crippen LogP contribution in [0.4, 0.5) is 0 Å². The Balaban J connectivity index is 1.98. The maximum Gasteiger partial charge on any atom is 0.308 e. The van der Waals surface area contributed by atoms with Crippen LogP contribution in [0.1, 0.15) is 43.7 Å². The topological polar surface area (TPSA) is 95.5 Å². The van der Waals surface area contributed by atoms with Crippen LogP contribution in [0.5, 0.6) is 0 Å². The average Bonchev–Trinajstić information content (AvgIpc) is 3.10. The summed E-state index contributed by atoms with van der Waals surface area (Å²) < 4.78 is 0. The smallest absolute Gasteiger partial charge is 0.308 e. The van der Waals surface area contributed by atoms with Gasteiger partial charge in [0.25, 0.3) is 0 Å². The second-order valence-corrected chi connectivity index (χ2v) is 7.20. The van der Waals surface area contributed by atoms with Crippen LogP contribution in [-0.4, -0.2) is 35.5 Å². The Morgan fingerprint density at radius 2 is 1.92 bits per heavy atom. The summed E-state index contributed by atoms with van der Waals surface area (Å²) in [5.74, 6) is -2.06. The number of rotatable bonds is 8. The predicted molar refractivity (Wildman–Crippen MR) is 98.6 cm³/mol. The molecule has 0 spiro atoms. The molecule has 1 aliphatic rings. The average molecular weight is 360 g/mol. The van der Waals surface area contributed by atoms with Crippen molar-refractivity contribution in [2.24, 2.45) is 11.8 Å². The van der Waals surface area contributed by atoms with Crippen LogP contribution in [0.2, 0.25) is 0 Å². The van der Waals surface area contributed by atoms with Gasteiger partial charge in [0.2, 0.25) is 11.8 Å². The predicted octanol–water partition coefficient (Wildman–Crippen LogP) is 2.05. The Morgan fingerprint density at radius 3 is 2.50 bits per heavy atom. The van der Waals surface area contributed by atoms with Crippen molar-refractivity contribution in [1.29, 1.82) is 0 Å². The molecule has 1 aliphatic carbocycles. The summed E-state index contributed by atoms with van der Waals surface area (Å²) in [7, 11) is 0. The summed E-state index contributed by atoms with van der Waals surface area (Å²) in [6, 6.07) is 7.12. The molecule has 142 valence electrons. The van der Waals surface area contributed by atoms with E-state index in [1.54, 1.807) is 0 Å². The first-order chi connectivity index (χ1) is 12.4. The number of carbonyl (C=O) groups excluding carboxylic acids is 2. The summed E-state index contributed by atoms with van der Waals surface area (Å²) >= 11 is 0. The normalized spacial score (nSPS) is 16.7. The largest absolute Gasteiger partial charge is 0.481 e. The molecule has 2 rings (SSSR count). The van der Waals surface area contributed by atoms with E-state index in [0.29, 0.717) is 6.42 Å². The zero-order valence-electron chi connectivity index (χ0n) is 15.5. The lowest BCUT2D eigenvalue weighted by molar-refractivity contribution is -0.141. The van der Waals surface area contributed by atoms with Gasteiger partial charge < -0.3 is 15.7 Å². The lowest BCUT2D eigenvalue weighted by atomic mass is 9.95. The Hall–Kier alpha value is -2.37. The molecular formula is C20H28N2O4.